The first-order valence-corrected chi connectivity index (χ1v) is 4.35. The van der Waals surface area contributed by atoms with E-state index in [1.54, 1.807) is 4.90 Å². The predicted octanol–water partition coefficient (Wildman–Crippen LogP) is -0.439. The molecule has 0 atom stereocenters. The summed E-state index contributed by atoms with van der Waals surface area (Å²) in [4.78, 5) is 6.07. The van der Waals surface area contributed by atoms with Crippen LogP contribution in [0.4, 0.5) is 0 Å². The molecule has 0 saturated carbocycles. The highest BCUT2D eigenvalue weighted by molar-refractivity contribution is 7.80. The monoisotopic (exact) mass is 191 g/mol. The standard InChI is InChI=1S/C9H9N3S/c10-9(13)12-5-7-3-1-2-4-8(7)11-6-12/h1-5H,6H2,(H2,10,13). The van der Waals surface area contributed by atoms with Crippen molar-refractivity contribution >= 4 is 23.5 Å². The average molecular weight is 191 g/mol. The molecule has 1 aromatic carbocycles. The summed E-state index contributed by atoms with van der Waals surface area (Å²) >= 11 is 4.86. The molecular formula is C9H9N3S. The van der Waals surface area contributed by atoms with E-state index in [2.05, 4.69) is 4.99 Å². The largest absolute Gasteiger partial charge is 0.376 e. The van der Waals surface area contributed by atoms with Crippen molar-refractivity contribution in [3.05, 3.63) is 34.8 Å². The minimum atomic E-state index is 0.359. The van der Waals surface area contributed by atoms with Crippen LogP contribution in [0.5, 0.6) is 0 Å². The van der Waals surface area contributed by atoms with Gasteiger partial charge in [-0.15, -0.1) is 0 Å². The molecule has 0 spiro atoms. The Morgan fingerprint density at radius 3 is 3.00 bits per heavy atom. The number of benzene rings is 1. The van der Waals surface area contributed by atoms with Gasteiger partial charge in [0.1, 0.15) is 6.67 Å². The van der Waals surface area contributed by atoms with Crippen LogP contribution < -0.4 is 16.3 Å². The highest BCUT2D eigenvalue weighted by atomic mass is 32.1. The van der Waals surface area contributed by atoms with Crippen molar-refractivity contribution in [1.29, 1.82) is 0 Å². The van der Waals surface area contributed by atoms with Crippen molar-refractivity contribution in [2.24, 2.45) is 10.7 Å². The van der Waals surface area contributed by atoms with E-state index >= 15 is 0 Å². The van der Waals surface area contributed by atoms with Gasteiger partial charge in [0.25, 0.3) is 0 Å². The molecular weight excluding hydrogens is 182 g/mol. The third-order valence-corrected chi connectivity index (χ3v) is 2.14. The molecule has 0 amide bonds. The van der Waals surface area contributed by atoms with Gasteiger partial charge in [0.15, 0.2) is 5.11 Å². The second-order valence-corrected chi connectivity index (χ2v) is 3.21. The van der Waals surface area contributed by atoms with Gasteiger partial charge in [-0.1, -0.05) is 18.2 Å². The van der Waals surface area contributed by atoms with E-state index in [1.807, 2.05) is 30.5 Å². The summed E-state index contributed by atoms with van der Waals surface area (Å²) in [6, 6.07) is 7.90. The van der Waals surface area contributed by atoms with Crippen LogP contribution in [0.15, 0.2) is 29.3 Å². The van der Waals surface area contributed by atoms with E-state index in [-0.39, 0.29) is 0 Å². The lowest BCUT2D eigenvalue weighted by molar-refractivity contribution is 0.600. The van der Waals surface area contributed by atoms with E-state index in [0.717, 1.165) is 10.6 Å². The Morgan fingerprint density at radius 1 is 1.46 bits per heavy atom. The van der Waals surface area contributed by atoms with Gasteiger partial charge in [0.2, 0.25) is 0 Å². The number of rotatable bonds is 0. The topological polar surface area (TPSA) is 41.6 Å². The number of para-hydroxylation sites is 1. The Hall–Kier alpha value is -1.42. The van der Waals surface area contributed by atoms with Crippen molar-refractivity contribution in [2.75, 3.05) is 6.67 Å². The lowest BCUT2D eigenvalue weighted by atomic mass is 10.3. The van der Waals surface area contributed by atoms with Crippen LogP contribution in [0.3, 0.4) is 0 Å². The van der Waals surface area contributed by atoms with Gasteiger partial charge in [-0.2, -0.15) is 0 Å². The Kier molecular flexibility index (Phi) is 1.98. The maximum absolute atomic E-state index is 5.49. The first-order chi connectivity index (χ1) is 6.27. The Labute approximate surface area is 81.2 Å². The summed E-state index contributed by atoms with van der Waals surface area (Å²) in [5.74, 6) is 0. The van der Waals surface area contributed by atoms with Gasteiger partial charge in [-0.05, 0) is 18.3 Å². The molecule has 0 unspecified atom stereocenters. The molecule has 4 heteroatoms. The number of hydrogen-bond acceptors (Lipinski definition) is 2. The van der Waals surface area contributed by atoms with Crippen molar-refractivity contribution in [2.45, 2.75) is 0 Å². The highest BCUT2D eigenvalue weighted by Crippen LogP contribution is 1.91. The fraction of sp³-hybridized carbons (Fsp3) is 0.111. The van der Waals surface area contributed by atoms with Crippen LogP contribution in [0.2, 0.25) is 0 Å². The normalized spacial score (nSPS) is 14.0. The second-order valence-electron chi connectivity index (χ2n) is 2.80. The molecule has 1 aliphatic heterocycles. The molecule has 2 N–H and O–H groups in total. The molecule has 0 radical (unpaired) electrons. The predicted molar refractivity (Wildman–Crippen MR) is 55.2 cm³/mol. The number of nitrogens with zero attached hydrogens (tertiary/aromatic N) is 2. The second kappa shape index (κ2) is 3.14. The molecule has 66 valence electrons. The van der Waals surface area contributed by atoms with E-state index in [9.17, 15) is 0 Å². The molecule has 0 aromatic heterocycles. The number of nitrogens with two attached hydrogens (primary N) is 1. The molecule has 1 heterocycles. The maximum Gasteiger partial charge on any atom is 0.171 e. The zero-order valence-corrected chi connectivity index (χ0v) is 7.79. The van der Waals surface area contributed by atoms with E-state index in [1.165, 1.54) is 0 Å². The summed E-state index contributed by atoms with van der Waals surface area (Å²) < 4.78 is 0. The van der Waals surface area contributed by atoms with Crippen molar-refractivity contribution in [3.63, 3.8) is 0 Å². The summed E-state index contributed by atoms with van der Waals surface area (Å²) in [7, 11) is 0. The van der Waals surface area contributed by atoms with E-state index in [4.69, 9.17) is 18.0 Å². The van der Waals surface area contributed by atoms with Crippen LogP contribution in [-0.4, -0.2) is 16.7 Å². The number of fused-ring (bicyclic) bond motifs is 1. The minimum absolute atomic E-state index is 0.359. The van der Waals surface area contributed by atoms with Crippen molar-refractivity contribution < 1.29 is 0 Å². The molecule has 3 nitrogen and oxygen atoms in total. The fourth-order valence-electron chi connectivity index (χ4n) is 1.24. The molecule has 0 aliphatic carbocycles. The third kappa shape index (κ3) is 1.53. The van der Waals surface area contributed by atoms with E-state index < -0.39 is 0 Å². The zero-order chi connectivity index (χ0) is 9.26. The minimum Gasteiger partial charge on any atom is -0.376 e. The fourth-order valence-corrected chi connectivity index (χ4v) is 1.35. The number of hydrogen-bond donors (Lipinski definition) is 1. The van der Waals surface area contributed by atoms with Crippen LogP contribution >= 0.6 is 12.2 Å². The smallest absolute Gasteiger partial charge is 0.171 e. The summed E-state index contributed by atoms with van der Waals surface area (Å²) in [5.41, 5.74) is 5.49. The Bertz CT molecular complexity index is 452. The Balaban J connectivity index is 2.55. The lowest BCUT2D eigenvalue weighted by Gasteiger charge is -2.17. The maximum atomic E-state index is 5.49. The van der Waals surface area contributed by atoms with Crippen molar-refractivity contribution in [1.82, 2.24) is 4.90 Å². The molecule has 1 aromatic rings. The van der Waals surface area contributed by atoms with Gasteiger partial charge in [0.05, 0.1) is 5.36 Å². The molecule has 0 saturated heterocycles. The first-order valence-electron chi connectivity index (χ1n) is 3.95. The zero-order valence-electron chi connectivity index (χ0n) is 6.97. The van der Waals surface area contributed by atoms with Crippen LogP contribution in [0, 0.1) is 0 Å². The molecule has 0 bridgehead atoms. The Morgan fingerprint density at radius 2 is 2.23 bits per heavy atom. The van der Waals surface area contributed by atoms with Gasteiger partial charge in [0, 0.05) is 11.4 Å². The highest BCUT2D eigenvalue weighted by Gasteiger charge is 2.04. The van der Waals surface area contributed by atoms with Gasteiger partial charge >= 0.3 is 0 Å². The average Bonchev–Trinajstić information content (AvgIpc) is 2.17. The lowest BCUT2D eigenvalue weighted by Crippen LogP contribution is -2.40. The summed E-state index contributed by atoms with van der Waals surface area (Å²) in [6.07, 6.45) is 1.92. The molecule has 0 fully saturated rings. The molecule has 2 rings (SSSR count). The quantitative estimate of drug-likeness (QED) is 0.565. The summed E-state index contributed by atoms with van der Waals surface area (Å²) in [6.45, 7) is 0.520. The summed E-state index contributed by atoms with van der Waals surface area (Å²) in [5, 5.41) is 2.41. The molecule has 13 heavy (non-hydrogen) atoms. The van der Waals surface area contributed by atoms with E-state index in [0.29, 0.717) is 11.8 Å². The number of thiocarbonyl (C=S) groups is 1. The molecule has 1 aliphatic rings. The van der Waals surface area contributed by atoms with Gasteiger partial charge in [-0.3, -0.25) is 4.99 Å². The van der Waals surface area contributed by atoms with Crippen LogP contribution in [0.25, 0.3) is 6.20 Å². The van der Waals surface area contributed by atoms with Crippen LogP contribution in [0.1, 0.15) is 0 Å². The first kappa shape index (κ1) is 8.19. The SMILES string of the molecule is NC(=S)N1C=c2ccccc2=NC1. The van der Waals surface area contributed by atoms with Gasteiger partial charge in [-0.25, -0.2) is 0 Å². The van der Waals surface area contributed by atoms with Crippen LogP contribution in [-0.2, 0) is 0 Å². The van der Waals surface area contributed by atoms with Crippen molar-refractivity contribution in [3.8, 4) is 0 Å². The third-order valence-electron chi connectivity index (χ3n) is 1.91. The van der Waals surface area contributed by atoms with Gasteiger partial charge < -0.3 is 10.6 Å².